The highest BCUT2D eigenvalue weighted by atomic mass is 35.5. The van der Waals surface area contributed by atoms with E-state index in [0.29, 0.717) is 17.0 Å². The van der Waals surface area contributed by atoms with Crippen molar-refractivity contribution in [3.63, 3.8) is 0 Å². The molecule has 1 nitrogen and oxygen atoms in total. The number of halogens is 2. The Morgan fingerprint density at radius 1 is 1.47 bits per heavy atom. The van der Waals surface area contributed by atoms with Gasteiger partial charge in [0.25, 0.3) is 0 Å². The van der Waals surface area contributed by atoms with Crippen LogP contribution in [-0.4, -0.2) is 6.04 Å². The van der Waals surface area contributed by atoms with Crippen molar-refractivity contribution >= 4 is 11.6 Å². The molecule has 0 aromatic heterocycles. The Kier molecular flexibility index (Phi) is 3.08. The summed E-state index contributed by atoms with van der Waals surface area (Å²) in [6.45, 7) is 0. The zero-order valence-corrected chi connectivity index (χ0v) is 9.10. The molecular formula is C12H13ClFN. The van der Waals surface area contributed by atoms with Gasteiger partial charge in [-0.1, -0.05) is 23.3 Å². The third-order valence-electron chi connectivity index (χ3n) is 2.67. The third kappa shape index (κ3) is 2.58. The molecule has 15 heavy (non-hydrogen) atoms. The van der Waals surface area contributed by atoms with E-state index in [2.05, 4.69) is 0 Å². The Morgan fingerprint density at radius 2 is 2.27 bits per heavy atom. The molecule has 1 aliphatic carbocycles. The fourth-order valence-electron chi connectivity index (χ4n) is 1.89. The molecule has 1 atom stereocenters. The Bertz CT molecular complexity index is 401. The van der Waals surface area contributed by atoms with Gasteiger partial charge in [-0.05, 0) is 43.0 Å². The van der Waals surface area contributed by atoms with Crippen LogP contribution in [0.4, 0.5) is 4.39 Å². The van der Waals surface area contributed by atoms with E-state index in [-0.39, 0.29) is 11.9 Å². The highest BCUT2D eigenvalue weighted by Gasteiger charge is 2.13. The van der Waals surface area contributed by atoms with E-state index in [1.165, 1.54) is 11.6 Å². The molecule has 1 aromatic rings. The summed E-state index contributed by atoms with van der Waals surface area (Å²) in [5.74, 6) is -0.194. The van der Waals surface area contributed by atoms with Crippen LogP contribution in [0.25, 0.3) is 0 Å². The smallest absolute Gasteiger partial charge is 0.126 e. The molecule has 0 spiro atoms. The standard InChI is InChI=1S/C12H13ClFN/c13-10-2-4-12(14)9(7-10)5-8-1-3-11(15)6-8/h2,4,6-7,11H,1,3,5,15H2. The molecule has 0 saturated heterocycles. The van der Waals surface area contributed by atoms with Crippen molar-refractivity contribution in [1.29, 1.82) is 0 Å². The van der Waals surface area contributed by atoms with E-state index in [0.717, 1.165) is 12.8 Å². The van der Waals surface area contributed by atoms with Crippen molar-refractivity contribution in [1.82, 2.24) is 0 Å². The first-order valence-corrected chi connectivity index (χ1v) is 5.42. The van der Waals surface area contributed by atoms with Gasteiger partial charge in [-0.15, -0.1) is 0 Å². The zero-order valence-electron chi connectivity index (χ0n) is 8.34. The Morgan fingerprint density at radius 3 is 2.93 bits per heavy atom. The predicted octanol–water partition coefficient (Wildman–Crippen LogP) is 3.07. The van der Waals surface area contributed by atoms with Crippen molar-refractivity contribution in [2.45, 2.75) is 25.3 Å². The minimum absolute atomic E-state index is 0.141. The third-order valence-corrected chi connectivity index (χ3v) is 2.91. The maximum atomic E-state index is 13.4. The fourth-order valence-corrected chi connectivity index (χ4v) is 2.09. The molecule has 0 fully saturated rings. The quantitative estimate of drug-likeness (QED) is 0.770. The first-order chi connectivity index (χ1) is 7.15. The zero-order chi connectivity index (χ0) is 10.8. The molecule has 80 valence electrons. The first kappa shape index (κ1) is 10.7. The molecule has 0 amide bonds. The van der Waals surface area contributed by atoms with Gasteiger partial charge in [0.15, 0.2) is 0 Å². The normalized spacial score (nSPS) is 20.5. The molecule has 0 radical (unpaired) electrons. The van der Waals surface area contributed by atoms with Crippen molar-refractivity contribution in [3.05, 3.63) is 46.3 Å². The summed E-state index contributed by atoms with van der Waals surface area (Å²) in [5, 5.41) is 0.578. The molecule has 0 heterocycles. The summed E-state index contributed by atoms with van der Waals surface area (Å²) >= 11 is 5.82. The Hall–Kier alpha value is -0.860. The summed E-state index contributed by atoms with van der Waals surface area (Å²) < 4.78 is 13.4. The van der Waals surface area contributed by atoms with E-state index in [4.69, 9.17) is 17.3 Å². The lowest BCUT2D eigenvalue weighted by molar-refractivity contribution is 0.612. The van der Waals surface area contributed by atoms with Crippen LogP contribution in [0.3, 0.4) is 0 Å². The minimum atomic E-state index is -0.194. The monoisotopic (exact) mass is 225 g/mol. The lowest BCUT2D eigenvalue weighted by atomic mass is 10.0. The molecule has 0 aliphatic heterocycles. The number of hydrogen-bond acceptors (Lipinski definition) is 1. The van der Waals surface area contributed by atoms with Gasteiger partial charge in [0.1, 0.15) is 5.82 Å². The van der Waals surface area contributed by atoms with E-state index in [1.807, 2.05) is 6.08 Å². The molecule has 2 N–H and O–H groups in total. The van der Waals surface area contributed by atoms with Crippen LogP contribution >= 0.6 is 11.6 Å². The van der Waals surface area contributed by atoms with Gasteiger partial charge in [0, 0.05) is 11.1 Å². The molecule has 1 aliphatic rings. The van der Waals surface area contributed by atoms with E-state index >= 15 is 0 Å². The molecule has 3 heteroatoms. The van der Waals surface area contributed by atoms with Gasteiger partial charge in [-0.3, -0.25) is 0 Å². The molecule has 0 bridgehead atoms. The molecule has 0 saturated carbocycles. The predicted molar refractivity (Wildman–Crippen MR) is 60.4 cm³/mol. The van der Waals surface area contributed by atoms with Gasteiger partial charge in [-0.25, -0.2) is 4.39 Å². The largest absolute Gasteiger partial charge is 0.324 e. The van der Waals surface area contributed by atoms with Crippen molar-refractivity contribution < 1.29 is 4.39 Å². The summed E-state index contributed by atoms with van der Waals surface area (Å²) in [6.07, 6.45) is 4.59. The minimum Gasteiger partial charge on any atom is -0.324 e. The topological polar surface area (TPSA) is 26.0 Å². The second kappa shape index (κ2) is 4.33. The number of nitrogens with two attached hydrogens (primary N) is 1. The molecule has 1 unspecified atom stereocenters. The average Bonchev–Trinajstić information content (AvgIpc) is 2.58. The fraction of sp³-hybridized carbons (Fsp3) is 0.333. The summed E-state index contributed by atoms with van der Waals surface area (Å²) in [7, 11) is 0. The van der Waals surface area contributed by atoms with Gasteiger partial charge in [-0.2, -0.15) is 0 Å². The summed E-state index contributed by atoms with van der Waals surface area (Å²) in [4.78, 5) is 0. The van der Waals surface area contributed by atoms with E-state index < -0.39 is 0 Å². The van der Waals surface area contributed by atoms with Crippen LogP contribution in [-0.2, 0) is 6.42 Å². The van der Waals surface area contributed by atoms with Crippen LogP contribution in [0, 0.1) is 5.82 Å². The molecular weight excluding hydrogens is 213 g/mol. The molecule has 1 aromatic carbocycles. The number of hydrogen-bond donors (Lipinski definition) is 1. The Balaban J connectivity index is 2.17. The van der Waals surface area contributed by atoms with Crippen molar-refractivity contribution in [2.75, 3.05) is 0 Å². The van der Waals surface area contributed by atoms with Gasteiger partial charge in [0.05, 0.1) is 0 Å². The number of allylic oxidation sites excluding steroid dienone is 1. The summed E-state index contributed by atoms with van der Waals surface area (Å²) in [5.41, 5.74) is 7.62. The maximum absolute atomic E-state index is 13.4. The first-order valence-electron chi connectivity index (χ1n) is 5.04. The second-order valence-electron chi connectivity index (χ2n) is 3.94. The molecule has 2 rings (SSSR count). The number of benzene rings is 1. The van der Waals surface area contributed by atoms with Crippen LogP contribution in [0.2, 0.25) is 5.02 Å². The Labute approximate surface area is 93.7 Å². The average molecular weight is 226 g/mol. The van der Waals surface area contributed by atoms with Gasteiger partial charge in [0.2, 0.25) is 0 Å². The highest BCUT2D eigenvalue weighted by molar-refractivity contribution is 6.30. The lowest BCUT2D eigenvalue weighted by Crippen LogP contribution is -2.11. The SMILES string of the molecule is NC1C=C(Cc2cc(Cl)ccc2F)CC1. The van der Waals surface area contributed by atoms with E-state index in [1.54, 1.807) is 12.1 Å². The van der Waals surface area contributed by atoms with Crippen molar-refractivity contribution in [2.24, 2.45) is 5.73 Å². The van der Waals surface area contributed by atoms with Crippen LogP contribution < -0.4 is 5.73 Å². The lowest BCUT2D eigenvalue weighted by Gasteiger charge is -2.04. The highest BCUT2D eigenvalue weighted by Crippen LogP contribution is 2.24. The van der Waals surface area contributed by atoms with Gasteiger partial charge >= 0.3 is 0 Å². The summed E-state index contributed by atoms with van der Waals surface area (Å²) in [6, 6.07) is 4.80. The number of rotatable bonds is 2. The van der Waals surface area contributed by atoms with Crippen LogP contribution in [0.15, 0.2) is 29.8 Å². The van der Waals surface area contributed by atoms with Crippen LogP contribution in [0.5, 0.6) is 0 Å². The second-order valence-corrected chi connectivity index (χ2v) is 4.38. The van der Waals surface area contributed by atoms with Gasteiger partial charge < -0.3 is 5.73 Å². The van der Waals surface area contributed by atoms with Crippen molar-refractivity contribution in [3.8, 4) is 0 Å². The van der Waals surface area contributed by atoms with Crippen LogP contribution in [0.1, 0.15) is 18.4 Å². The maximum Gasteiger partial charge on any atom is 0.126 e. The van der Waals surface area contributed by atoms with E-state index in [9.17, 15) is 4.39 Å².